The predicted molar refractivity (Wildman–Crippen MR) is 66.2 cm³/mol. The second-order valence-electron chi connectivity index (χ2n) is 3.84. The van der Waals surface area contributed by atoms with Crippen molar-refractivity contribution in [3.05, 3.63) is 33.8 Å². The van der Waals surface area contributed by atoms with E-state index >= 15 is 0 Å². The molecule has 0 spiro atoms. The topological polar surface area (TPSA) is 12.0 Å². The van der Waals surface area contributed by atoms with Crippen molar-refractivity contribution in [3.8, 4) is 12.3 Å². The quantitative estimate of drug-likeness (QED) is 0.800. The SMILES string of the molecule is C#CC(C)(C)NCc1cccc(Cl)c1Cl. The fraction of sp³-hybridized carbons (Fsp3) is 0.333. The van der Waals surface area contributed by atoms with Gasteiger partial charge in [0.2, 0.25) is 0 Å². The van der Waals surface area contributed by atoms with Crippen molar-refractivity contribution >= 4 is 23.2 Å². The fourth-order valence-corrected chi connectivity index (χ4v) is 1.44. The molecule has 0 saturated heterocycles. The van der Waals surface area contributed by atoms with Crippen LogP contribution in [-0.2, 0) is 6.54 Å². The molecule has 0 aliphatic heterocycles. The van der Waals surface area contributed by atoms with Gasteiger partial charge in [0.15, 0.2) is 0 Å². The summed E-state index contributed by atoms with van der Waals surface area (Å²) in [6.07, 6.45) is 5.37. The Morgan fingerprint density at radius 2 is 2.07 bits per heavy atom. The summed E-state index contributed by atoms with van der Waals surface area (Å²) in [5.41, 5.74) is 0.610. The fourth-order valence-electron chi connectivity index (χ4n) is 1.05. The van der Waals surface area contributed by atoms with Crippen LogP contribution in [0.15, 0.2) is 18.2 Å². The Morgan fingerprint density at radius 3 is 2.67 bits per heavy atom. The molecule has 80 valence electrons. The van der Waals surface area contributed by atoms with E-state index in [9.17, 15) is 0 Å². The minimum absolute atomic E-state index is 0.342. The van der Waals surface area contributed by atoms with Crippen molar-refractivity contribution in [2.45, 2.75) is 25.9 Å². The number of terminal acetylenes is 1. The van der Waals surface area contributed by atoms with Gasteiger partial charge in [-0.05, 0) is 25.5 Å². The molecule has 1 nitrogen and oxygen atoms in total. The maximum Gasteiger partial charge on any atom is 0.0743 e. The number of hydrogen-bond donors (Lipinski definition) is 1. The lowest BCUT2D eigenvalue weighted by Gasteiger charge is -2.20. The van der Waals surface area contributed by atoms with Gasteiger partial charge in [-0.25, -0.2) is 0 Å². The summed E-state index contributed by atoms with van der Waals surface area (Å²) in [7, 11) is 0. The largest absolute Gasteiger partial charge is 0.297 e. The molecule has 0 aliphatic carbocycles. The summed E-state index contributed by atoms with van der Waals surface area (Å²) >= 11 is 11.9. The van der Waals surface area contributed by atoms with E-state index < -0.39 is 0 Å². The number of rotatable bonds is 3. The van der Waals surface area contributed by atoms with Crippen LogP contribution in [0.4, 0.5) is 0 Å². The third-order valence-electron chi connectivity index (χ3n) is 2.11. The Balaban J connectivity index is 2.75. The highest BCUT2D eigenvalue weighted by atomic mass is 35.5. The maximum absolute atomic E-state index is 6.04. The van der Waals surface area contributed by atoms with Crippen LogP contribution in [0, 0.1) is 12.3 Å². The molecule has 0 aromatic heterocycles. The van der Waals surface area contributed by atoms with Crippen LogP contribution in [0.2, 0.25) is 10.0 Å². The normalized spacial score (nSPS) is 11.1. The number of hydrogen-bond acceptors (Lipinski definition) is 1. The second kappa shape index (κ2) is 4.90. The zero-order valence-electron chi connectivity index (χ0n) is 8.77. The molecule has 0 saturated carbocycles. The third-order valence-corrected chi connectivity index (χ3v) is 2.97. The summed E-state index contributed by atoms with van der Waals surface area (Å²) in [5, 5.41) is 4.36. The lowest BCUT2D eigenvalue weighted by Crippen LogP contribution is -2.36. The molecule has 0 unspecified atom stereocenters. The lowest BCUT2D eigenvalue weighted by atomic mass is 10.1. The van der Waals surface area contributed by atoms with Gasteiger partial charge >= 0.3 is 0 Å². The minimum atomic E-state index is -0.342. The predicted octanol–water partition coefficient (Wildman–Crippen LogP) is 3.49. The van der Waals surface area contributed by atoms with Gasteiger partial charge in [-0.15, -0.1) is 6.42 Å². The highest BCUT2D eigenvalue weighted by molar-refractivity contribution is 6.42. The Labute approximate surface area is 101 Å². The van der Waals surface area contributed by atoms with Gasteiger partial charge < -0.3 is 0 Å². The van der Waals surface area contributed by atoms with E-state index in [1.165, 1.54) is 0 Å². The highest BCUT2D eigenvalue weighted by Gasteiger charge is 2.13. The average Bonchev–Trinajstić information content (AvgIpc) is 2.20. The van der Waals surface area contributed by atoms with E-state index in [2.05, 4.69) is 11.2 Å². The van der Waals surface area contributed by atoms with E-state index in [-0.39, 0.29) is 5.54 Å². The first-order chi connectivity index (χ1) is 6.96. The summed E-state index contributed by atoms with van der Waals surface area (Å²) < 4.78 is 0. The molecule has 0 heterocycles. The Morgan fingerprint density at radius 1 is 1.40 bits per heavy atom. The van der Waals surface area contributed by atoms with Crippen LogP contribution in [0.1, 0.15) is 19.4 Å². The first-order valence-electron chi connectivity index (χ1n) is 4.62. The smallest absolute Gasteiger partial charge is 0.0743 e. The standard InChI is InChI=1S/C12H13Cl2N/c1-4-12(2,3)15-8-9-6-5-7-10(13)11(9)14/h1,5-7,15H,8H2,2-3H3. The van der Waals surface area contributed by atoms with Crippen molar-refractivity contribution in [3.63, 3.8) is 0 Å². The second-order valence-corrected chi connectivity index (χ2v) is 4.62. The van der Waals surface area contributed by atoms with Crippen LogP contribution in [0.3, 0.4) is 0 Å². The summed E-state index contributed by atoms with van der Waals surface area (Å²) in [4.78, 5) is 0. The van der Waals surface area contributed by atoms with Gasteiger partial charge in [0.1, 0.15) is 0 Å². The molecule has 0 radical (unpaired) electrons. The molecule has 0 bridgehead atoms. The number of halogens is 2. The average molecular weight is 242 g/mol. The van der Waals surface area contributed by atoms with E-state index in [1.807, 2.05) is 26.0 Å². The first kappa shape index (κ1) is 12.4. The van der Waals surface area contributed by atoms with Crippen LogP contribution < -0.4 is 5.32 Å². The van der Waals surface area contributed by atoms with E-state index in [4.69, 9.17) is 29.6 Å². The Hall–Kier alpha value is -0.680. The van der Waals surface area contributed by atoms with Crippen molar-refractivity contribution in [2.24, 2.45) is 0 Å². The molecule has 1 aromatic carbocycles. The van der Waals surface area contributed by atoms with E-state index in [1.54, 1.807) is 6.07 Å². The Bertz CT molecular complexity index is 391. The maximum atomic E-state index is 6.04. The monoisotopic (exact) mass is 241 g/mol. The molecule has 0 atom stereocenters. The minimum Gasteiger partial charge on any atom is -0.297 e. The molecular weight excluding hydrogens is 229 g/mol. The third kappa shape index (κ3) is 3.43. The van der Waals surface area contributed by atoms with Gasteiger partial charge in [-0.1, -0.05) is 41.3 Å². The summed E-state index contributed by atoms with van der Waals surface area (Å²) in [6, 6.07) is 5.56. The molecule has 0 aliphatic rings. The molecule has 1 N–H and O–H groups in total. The van der Waals surface area contributed by atoms with E-state index in [0.717, 1.165) is 5.56 Å². The number of benzene rings is 1. The van der Waals surface area contributed by atoms with Crippen LogP contribution in [0.5, 0.6) is 0 Å². The van der Waals surface area contributed by atoms with Gasteiger partial charge in [0, 0.05) is 6.54 Å². The van der Waals surface area contributed by atoms with Crippen molar-refractivity contribution < 1.29 is 0 Å². The molecule has 3 heteroatoms. The van der Waals surface area contributed by atoms with Gasteiger partial charge in [0.25, 0.3) is 0 Å². The molecular formula is C12H13Cl2N. The molecule has 0 fully saturated rings. The first-order valence-corrected chi connectivity index (χ1v) is 5.37. The molecule has 1 aromatic rings. The number of nitrogens with one attached hydrogen (secondary N) is 1. The van der Waals surface area contributed by atoms with Crippen molar-refractivity contribution in [1.82, 2.24) is 5.32 Å². The zero-order valence-corrected chi connectivity index (χ0v) is 10.3. The zero-order chi connectivity index (χ0) is 11.5. The molecule has 1 rings (SSSR count). The molecule has 15 heavy (non-hydrogen) atoms. The summed E-state index contributed by atoms with van der Waals surface area (Å²) in [6.45, 7) is 4.48. The van der Waals surface area contributed by atoms with E-state index in [0.29, 0.717) is 16.6 Å². The highest BCUT2D eigenvalue weighted by Crippen LogP contribution is 2.25. The van der Waals surface area contributed by atoms with Gasteiger partial charge in [-0.3, -0.25) is 5.32 Å². The van der Waals surface area contributed by atoms with Crippen LogP contribution in [-0.4, -0.2) is 5.54 Å². The van der Waals surface area contributed by atoms with Crippen LogP contribution in [0.25, 0.3) is 0 Å². The lowest BCUT2D eigenvalue weighted by molar-refractivity contribution is 0.491. The van der Waals surface area contributed by atoms with Gasteiger partial charge in [-0.2, -0.15) is 0 Å². The van der Waals surface area contributed by atoms with Crippen molar-refractivity contribution in [1.29, 1.82) is 0 Å². The molecule has 0 amide bonds. The van der Waals surface area contributed by atoms with Gasteiger partial charge in [0.05, 0.1) is 15.6 Å². The summed E-state index contributed by atoms with van der Waals surface area (Å²) in [5.74, 6) is 2.66. The van der Waals surface area contributed by atoms with Crippen molar-refractivity contribution in [2.75, 3.05) is 0 Å². The Kier molecular flexibility index (Phi) is 4.04. The van der Waals surface area contributed by atoms with Crippen LogP contribution >= 0.6 is 23.2 Å².